The number of carbonyl (C=O) groups is 1. The third-order valence-electron chi connectivity index (χ3n) is 0.928. The number of ketones is 1. The van der Waals surface area contributed by atoms with Crippen molar-refractivity contribution < 1.29 is 4.79 Å². The average molecular weight is 215 g/mol. The molecule has 1 heterocycles. The van der Waals surface area contributed by atoms with Gasteiger partial charge in [0.15, 0.2) is 0 Å². The number of hydrogen-bond donors (Lipinski definition) is 0. The van der Waals surface area contributed by atoms with Crippen LogP contribution in [-0.4, -0.2) is 5.78 Å². The van der Waals surface area contributed by atoms with Crippen LogP contribution in [0.1, 0.15) is 9.67 Å². The molecule has 50 valence electrons. The zero-order valence-corrected chi connectivity index (χ0v) is 7.33. The summed E-state index contributed by atoms with van der Waals surface area (Å²) in [4.78, 5) is 11.4. The van der Waals surface area contributed by atoms with Crippen LogP contribution < -0.4 is 0 Å². The molecule has 1 nitrogen and oxygen atoms in total. The van der Waals surface area contributed by atoms with Crippen molar-refractivity contribution in [3.63, 3.8) is 0 Å². The lowest BCUT2D eigenvalue weighted by Crippen LogP contribution is -1.87. The molecule has 0 N–H and O–H groups in total. The van der Waals surface area contributed by atoms with Gasteiger partial charge >= 0.3 is 0 Å². The van der Waals surface area contributed by atoms with E-state index in [1.54, 1.807) is 12.1 Å². The number of carbonyl (C=O) groups excluding carboxylic acids is 1. The quantitative estimate of drug-likeness (QED) is 0.399. The molecule has 0 saturated heterocycles. The Morgan fingerprint density at radius 2 is 2.40 bits per heavy atom. The van der Waals surface area contributed by atoms with Gasteiger partial charge in [0, 0.05) is 0 Å². The van der Waals surface area contributed by atoms with Gasteiger partial charge in [0.1, 0.15) is 0 Å². The van der Waals surface area contributed by atoms with Crippen molar-refractivity contribution in [3.8, 4) is 12.3 Å². The topological polar surface area (TPSA) is 17.1 Å². The zero-order valence-electron chi connectivity index (χ0n) is 4.93. The van der Waals surface area contributed by atoms with E-state index < -0.39 is 0 Å². The summed E-state index contributed by atoms with van der Waals surface area (Å²) in [5.74, 6) is 1.79. The molecule has 0 unspecified atom stereocenters. The molecule has 0 aliphatic carbocycles. The molecule has 1 aromatic heterocycles. The standard InChI is InChI=1S/C7H3BrOS/c1-2-5(9)6-3-4-7(8)10-6/h1,3-4H. The van der Waals surface area contributed by atoms with Crippen molar-refractivity contribution in [3.05, 3.63) is 20.8 Å². The van der Waals surface area contributed by atoms with Gasteiger partial charge in [-0.25, -0.2) is 0 Å². The summed E-state index contributed by atoms with van der Waals surface area (Å²) >= 11 is 4.57. The summed E-state index contributed by atoms with van der Waals surface area (Å²) in [5, 5.41) is 0. The first-order valence-corrected chi connectivity index (χ1v) is 4.11. The maximum atomic E-state index is 10.8. The third kappa shape index (κ3) is 1.47. The molecular weight excluding hydrogens is 212 g/mol. The highest BCUT2D eigenvalue weighted by atomic mass is 79.9. The van der Waals surface area contributed by atoms with Gasteiger partial charge in [-0.3, -0.25) is 4.79 Å². The molecule has 0 radical (unpaired) electrons. The number of thiophene rings is 1. The van der Waals surface area contributed by atoms with Gasteiger partial charge in [0.2, 0.25) is 5.78 Å². The molecule has 0 amide bonds. The van der Waals surface area contributed by atoms with Crippen molar-refractivity contribution in [2.45, 2.75) is 0 Å². The van der Waals surface area contributed by atoms with Gasteiger partial charge in [0.25, 0.3) is 0 Å². The monoisotopic (exact) mass is 214 g/mol. The summed E-state index contributed by atoms with van der Waals surface area (Å²) in [6.07, 6.45) is 4.91. The Morgan fingerprint density at radius 3 is 2.80 bits per heavy atom. The lowest BCUT2D eigenvalue weighted by molar-refractivity contribution is 0.106. The Hall–Kier alpha value is -0.590. The predicted molar refractivity (Wildman–Crippen MR) is 45.2 cm³/mol. The van der Waals surface area contributed by atoms with Gasteiger partial charge in [-0.15, -0.1) is 17.8 Å². The van der Waals surface area contributed by atoms with E-state index >= 15 is 0 Å². The molecule has 10 heavy (non-hydrogen) atoms. The first-order valence-electron chi connectivity index (χ1n) is 2.50. The van der Waals surface area contributed by atoms with Gasteiger partial charge in [-0.2, -0.15) is 0 Å². The van der Waals surface area contributed by atoms with Crippen LogP contribution in [-0.2, 0) is 0 Å². The highest BCUT2D eigenvalue weighted by Crippen LogP contribution is 2.21. The van der Waals surface area contributed by atoms with E-state index in [0.29, 0.717) is 4.88 Å². The second-order valence-electron chi connectivity index (χ2n) is 1.58. The van der Waals surface area contributed by atoms with E-state index in [9.17, 15) is 4.79 Å². The van der Waals surface area contributed by atoms with Crippen LogP contribution >= 0.6 is 27.3 Å². The van der Waals surface area contributed by atoms with Crippen LogP contribution in [0.4, 0.5) is 0 Å². The predicted octanol–water partition coefficient (Wildman–Crippen LogP) is 2.33. The minimum Gasteiger partial charge on any atom is -0.278 e. The Balaban J connectivity index is 2.98. The molecule has 0 bridgehead atoms. The Morgan fingerprint density at radius 1 is 1.70 bits per heavy atom. The minimum atomic E-state index is -0.254. The van der Waals surface area contributed by atoms with Crippen LogP contribution in [0.5, 0.6) is 0 Å². The molecule has 0 aromatic carbocycles. The van der Waals surface area contributed by atoms with Crippen LogP contribution in [0, 0.1) is 12.3 Å². The maximum absolute atomic E-state index is 10.8. The zero-order chi connectivity index (χ0) is 7.56. The van der Waals surface area contributed by atoms with E-state index in [2.05, 4.69) is 15.9 Å². The summed E-state index contributed by atoms with van der Waals surface area (Å²) in [7, 11) is 0. The largest absolute Gasteiger partial charge is 0.278 e. The molecule has 0 saturated carbocycles. The van der Waals surface area contributed by atoms with Crippen LogP contribution in [0.2, 0.25) is 0 Å². The molecule has 1 aromatic rings. The smallest absolute Gasteiger partial charge is 0.245 e. The Labute approximate surface area is 71.2 Å². The van der Waals surface area contributed by atoms with E-state index in [4.69, 9.17) is 6.42 Å². The fourth-order valence-corrected chi connectivity index (χ4v) is 1.80. The van der Waals surface area contributed by atoms with E-state index in [0.717, 1.165) is 3.79 Å². The van der Waals surface area contributed by atoms with Gasteiger partial charge in [-0.1, -0.05) is 0 Å². The number of rotatable bonds is 1. The molecule has 1 rings (SSSR count). The van der Waals surface area contributed by atoms with Gasteiger partial charge < -0.3 is 0 Å². The highest BCUT2D eigenvalue weighted by molar-refractivity contribution is 9.11. The van der Waals surface area contributed by atoms with Crippen molar-refractivity contribution in [2.75, 3.05) is 0 Å². The molecule has 0 atom stereocenters. The summed E-state index contributed by atoms with van der Waals surface area (Å²) in [5.41, 5.74) is 0. The third-order valence-corrected chi connectivity index (χ3v) is 2.55. The van der Waals surface area contributed by atoms with Gasteiger partial charge in [0.05, 0.1) is 8.66 Å². The lowest BCUT2D eigenvalue weighted by atomic mass is 10.3. The first kappa shape index (κ1) is 7.52. The van der Waals surface area contributed by atoms with Crippen molar-refractivity contribution >= 4 is 33.0 Å². The molecule has 0 fully saturated rings. The first-order chi connectivity index (χ1) is 4.74. The fraction of sp³-hybridized carbons (Fsp3) is 0. The number of hydrogen-bond acceptors (Lipinski definition) is 2. The fourth-order valence-electron chi connectivity index (χ4n) is 0.507. The van der Waals surface area contributed by atoms with Crippen LogP contribution in [0.3, 0.4) is 0 Å². The summed E-state index contributed by atoms with van der Waals surface area (Å²) < 4.78 is 0.922. The SMILES string of the molecule is C#CC(=O)c1ccc(Br)s1. The van der Waals surface area contributed by atoms with Crippen molar-refractivity contribution in [1.29, 1.82) is 0 Å². The number of halogens is 1. The van der Waals surface area contributed by atoms with Crippen molar-refractivity contribution in [1.82, 2.24) is 0 Å². The molecule has 0 spiro atoms. The average Bonchev–Trinajstić information content (AvgIpc) is 2.34. The second kappa shape index (κ2) is 3.00. The Kier molecular flexibility index (Phi) is 2.25. The van der Waals surface area contributed by atoms with E-state index in [1.165, 1.54) is 11.3 Å². The molecular formula is C7H3BrOS. The Bertz CT molecular complexity index is 295. The second-order valence-corrected chi connectivity index (χ2v) is 4.04. The summed E-state index contributed by atoms with van der Waals surface area (Å²) in [6.45, 7) is 0. The molecule has 3 heteroatoms. The summed E-state index contributed by atoms with van der Waals surface area (Å²) in [6, 6.07) is 3.51. The van der Waals surface area contributed by atoms with Crippen LogP contribution in [0.15, 0.2) is 15.9 Å². The highest BCUT2D eigenvalue weighted by Gasteiger charge is 2.03. The number of Topliss-reactive ketones (excluding diaryl/α,β-unsaturated/α-hetero) is 1. The molecule has 0 aliphatic rings. The van der Waals surface area contributed by atoms with Crippen molar-refractivity contribution in [2.24, 2.45) is 0 Å². The lowest BCUT2D eigenvalue weighted by Gasteiger charge is -1.80. The van der Waals surface area contributed by atoms with Crippen LogP contribution in [0.25, 0.3) is 0 Å². The number of terminal acetylenes is 1. The molecule has 0 aliphatic heterocycles. The van der Waals surface area contributed by atoms with Gasteiger partial charge in [-0.05, 0) is 34.0 Å². The normalized spacial score (nSPS) is 8.80. The minimum absolute atomic E-state index is 0.254. The van der Waals surface area contributed by atoms with E-state index in [1.807, 2.05) is 5.92 Å². The van der Waals surface area contributed by atoms with E-state index in [-0.39, 0.29) is 5.78 Å². The maximum Gasteiger partial charge on any atom is 0.245 e.